The highest BCUT2D eigenvalue weighted by Gasteiger charge is 2.59. The predicted octanol–water partition coefficient (Wildman–Crippen LogP) is 2.24. The Morgan fingerprint density at radius 2 is 1.71 bits per heavy atom. The second kappa shape index (κ2) is 7.06. The van der Waals surface area contributed by atoms with Gasteiger partial charge in [0.1, 0.15) is 6.61 Å². The summed E-state index contributed by atoms with van der Waals surface area (Å²) in [5, 5.41) is 9.57. The van der Waals surface area contributed by atoms with Crippen molar-refractivity contribution in [2.45, 2.75) is 24.1 Å². The molecule has 2 aliphatic heterocycles. The third-order valence-corrected chi connectivity index (χ3v) is 8.04. The van der Waals surface area contributed by atoms with Gasteiger partial charge in [-0.2, -0.15) is 0 Å². The number of carbonyl (C=O) groups is 2. The first kappa shape index (κ1) is 20.0. The summed E-state index contributed by atoms with van der Waals surface area (Å²) in [5.41, 5.74) is 2.73. The lowest BCUT2D eigenvalue weighted by molar-refractivity contribution is -0.142. The fraction of sp³-hybridized carbons (Fsp3) is 0.364. The lowest BCUT2D eigenvalue weighted by atomic mass is 9.98. The zero-order valence-corrected chi connectivity index (χ0v) is 17.4. The number of amides is 1. The summed E-state index contributed by atoms with van der Waals surface area (Å²) in [6.45, 7) is -0.256. The number of aliphatic carboxylic acids is 1. The van der Waals surface area contributed by atoms with Crippen LogP contribution < -0.4 is 0 Å². The lowest BCUT2D eigenvalue weighted by Gasteiger charge is -2.33. The monoisotopic (exact) mass is 443 g/mol. The fourth-order valence-corrected chi connectivity index (χ4v) is 6.74. The molecule has 2 heterocycles. The summed E-state index contributed by atoms with van der Waals surface area (Å²) in [7, 11) is -3.43. The lowest BCUT2D eigenvalue weighted by Crippen LogP contribution is -2.54. The van der Waals surface area contributed by atoms with Gasteiger partial charge in [-0.05, 0) is 22.3 Å². The van der Waals surface area contributed by atoms with Crippen LogP contribution >= 0.6 is 0 Å². The van der Waals surface area contributed by atoms with E-state index >= 15 is 0 Å². The van der Waals surface area contributed by atoms with Gasteiger partial charge >= 0.3 is 12.1 Å². The number of carboxylic acid groups (broad SMARTS) is 1. The highest BCUT2D eigenvalue weighted by atomic mass is 32.2. The van der Waals surface area contributed by atoms with Crippen molar-refractivity contribution in [3.05, 3.63) is 59.7 Å². The van der Waals surface area contributed by atoms with Crippen molar-refractivity contribution >= 4 is 21.9 Å². The maximum absolute atomic E-state index is 13.1. The van der Waals surface area contributed by atoms with Gasteiger partial charge < -0.3 is 14.6 Å². The van der Waals surface area contributed by atoms with Gasteiger partial charge in [-0.3, -0.25) is 4.90 Å². The Kier molecular flexibility index (Phi) is 4.56. The minimum Gasteiger partial charge on any atom is -0.480 e. The summed E-state index contributed by atoms with van der Waals surface area (Å²) in [6, 6.07) is 14.5. The van der Waals surface area contributed by atoms with Crippen LogP contribution in [0.25, 0.3) is 11.1 Å². The van der Waals surface area contributed by atoms with Crippen molar-refractivity contribution in [2.24, 2.45) is 0 Å². The van der Waals surface area contributed by atoms with Crippen LogP contribution in [0.5, 0.6) is 0 Å². The number of hydrogen-bond acceptors (Lipinski definition) is 6. The summed E-state index contributed by atoms with van der Waals surface area (Å²) in [4.78, 5) is 25.8. The molecule has 0 radical (unpaired) electrons. The first-order valence-electron chi connectivity index (χ1n) is 10.0. The van der Waals surface area contributed by atoms with Crippen LogP contribution in [0.1, 0.15) is 23.5 Å². The van der Waals surface area contributed by atoms with Gasteiger partial charge in [0.15, 0.2) is 21.6 Å². The van der Waals surface area contributed by atoms with E-state index < -0.39 is 39.4 Å². The molecule has 162 valence electrons. The number of carbonyl (C=O) groups excluding carboxylic acids is 1. The van der Waals surface area contributed by atoms with E-state index in [-0.39, 0.29) is 31.3 Å². The molecule has 0 bridgehead atoms. The summed E-state index contributed by atoms with van der Waals surface area (Å²) < 4.78 is 35.3. The molecular weight excluding hydrogens is 422 g/mol. The first-order chi connectivity index (χ1) is 14.8. The zero-order chi connectivity index (χ0) is 21.8. The minimum absolute atomic E-state index is 0.0124. The van der Waals surface area contributed by atoms with E-state index in [4.69, 9.17) is 9.47 Å². The Hall–Kier alpha value is -2.91. The minimum atomic E-state index is -3.43. The molecule has 8 nitrogen and oxygen atoms in total. The Labute approximate surface area is 179 Å². The summed E-state index contributed by atoms with van der Waals surface area (Å²) >= 11 is 0. The van der Waals surface area contributed by atoms with Gasteiger partial charge in [-0.15, -0.1) is 0 Å². The van der Waals surface area contributed by atoms with Crippen LogP contribution in [0, 0.1) is 0 Å². The van der Waals surface area contributed by atoms with Gasteiger partial charge in [-0.25, -0.2) is 18.0 Å². The Morgan fingerprint density at radius 3 is 2.26 bits per heavy atom. The molecular formula is C22H21NO7S. The van der Waals surface area contributed by atoms with Crippen molar-refractivity contribution in [3.8, 4) is 11.1 Å². The van der Waals surface area contributed by atoms with Gasteiger partial charge in [0.05, 0.1) is 18.1 Å². The predicted molar refractivity (Wildman–Crippen MR) is 110 cm³/mol. The second-order valence-electron chi connectivity index (χ2n) is 8.13. The van der Waals surface area contributed by atoms with Crippen LogP contribution in [-0.4, -0.2) is 67.0 Å². The standard InChI is InChI=1S/C22H21NO7S/c24-20(25)19-12-30-22(9-10-31(27,28)13-22)23(19)21(26)29-11-18-16-7-3-1-5-14(16)15-6-2-4-8-17(15)18/h1-8,18-19H,9-13H2,(H,24,25). The molecule has 2 fully saturated rings. The number of nitrogens with zero attached hydrogens (tertiary/aromatic N) is 1. The molecule has 1 N–H and O–H groups in total. The van der Waals surface area contributed by atoms with Gasteiger partial charge in [-0.1, -0.05) is 48.5 Å². The smallest absolute Gasteiger partial charge is 0.412 e. The molecule has 0 saturated carbocycles. The number of benzene rings is 2. The molecule has 1 spiro atoms. The summed E-state index contributed by atoms with van der Waals surface area (Å²) in [6.07, 6.45) is -0.840. The average Bonchev–Trinajstić information content (AvgIpc) is 3.38. The summed E-state index contributed by atoms with van der Waals surface area (Å²) in [5.74, 6) is -2.03. The zero-order valence-electron chi connectivity index (χ0n) is 16.6. The Morgan fingerprint density at radius 1 is 1.10 bits per heavy atom. The third-order valence-electron chi connectivity index (χ3n) is 6.33. The molecule has 2 saturated heterocycles. The van der Waals surface area contributed by atoms with Crippen LogP contribution in [0.4, 0.5) is 4.79 Å². The number of fused-ring (bicyclic) bond motifs is 3. The molecule has 5 rings (SSSR count). The Bertz CT molecular complexity index is 1130. The van der Waals surface area contributed by atoms with E-state index in [1.807, 2.05) is 48.5 Å². The van der Waals surface area contributed by atoms with E-state index in [1.54, 1.807) is 0 Å². The molecule has 3 aliphatic rings. The number of hydrogen-bond donors (Lipinski definition) is 1. The quantitative estimate of drug-likeness (QED) is 0.775. The normalized spacial score (nSPS) is 26.1. The molecule has 1 amide bonds. The highest BCUT2D eigenvalue weighted by molar-refractivity contribution is 7.91. The number of rotatable bonds is 3. The van der Waals surface area contributed by atoms with E-state index in [0.29, 0.717) is 0 Å². The largest absolute Gasteiger partial charge is 0.480 e. The Balaban J connectivity index is 1.41. The molecule has 2 aromatic rings. The van der Waals surface area contributed by atoms with Crippen molar-refractivity contribution in [1.82, 2.24) is 4.90 Å². The second-order valence-corrected chi connectivity index (χ2v) is 10.3. The average molecular weight is 443 g/mol. The number of ether oxygens (including phenoxy) is 2. The maximum Gasteiger partial charge on any atom is 0.412 e. The number of sulfone groups is 1. The van der Waals surface area contributed by atoms with Crippen molar-refractivity contribution in [2.75, 3.05) is 24.7 Å². The maximum atomic E-state index is 13.1. The van der Waals surface area contributed by atoms with E-state index in [1.165, 1.54) is 0 Å². The topological polar surface area (TPSA) is 110 Å². The van der Waals surface area contributed by atoms with Crippen LogP contribution in [-0.2, 0) is 24.1 Å². The molecule has 31 heavy (non-hydrogen) atoms. The molecule has 2 unspecified atom stereocenters. The van der Waals surface area contributed by atoms with Crippen molar-refractivity contribution < 1.29 is 32.6 Å². The van der Waals surface area contributed by atoms with Crippen LogP contribution in [0.3, 0.4) is 0 Å². The van der Waals surface area contributed by atoms with Crippen molar-refractivity contribution in [3.63, 3.8) is 0 Å². The number of carboxylic acids is 1. The third kappa shape index (κ3) is 3.19. The van der Waals surface area contributed by atoms with Gasteiger partial charge in [0, 0.05) is 12.3 Å². The molecule has 2 atom stereocenters. The van der Waals surface area contributed by atoms with Gasteiger partial charge in [0.2, 0.25) is 0 Å². The molecule has 2 aromatic carbocycles. The highest BCUT2D eigenvalue weighted by Crippen LogP contribution is 2.45. The van der Waals surface area contributed by atoms with E-state index in [2.05, 4.69) is 0 Å². The van der Waals surface area contributed by atoms with Crippen LogP contribution in [0.15, 0.2) is 48.5 Å². The SMILES string of the molecule is O=C(O)C1COC2(CCS(=O)(=O)C2)N1C(=O)OCC1c2ccccc2-c2ccccc21. The first-order valence-corrected chi connectivity index (χ1v) is 11.8. The molecule has 1 aliphatic carbocycles. The molecule has 9 heteroatoms. The van der Waals surface area contributed by atoms with Crippen molar-refractivity contribution in [1.29, 1.82) is 0 Å². The van der Waals surface area contributed by atoms with Gasteiger partial charge in [0.25, 0.3) is 0 Å². The van der Waals surface area contributed by atoms with E-state index in [9.17, 15) is 23.1 Å². The molecule has 0 aromatic heterocycles. The fourth-order valence-electron chi connectivity index (χ4n) is 4.91. The van der Waals surface area contributed by atoms with E-state index in [0.717, 1.165) is 27.2 Å². The van der Waals surface area contributed by atoms with Crippen LogP contribution in [0.2, 0.25) is 0 Å².